The van der Waals surface area contributed by atoms with Gasteiger partial charge in [0.05, 0.1) is 19.3 Å². The molecule has 108 valence electrons. The highest BCUT2D eigenvalue weighted by Gasteiger charge is 2.06. The second-order valence-electron chi connectivity index (χ2n) is 4.62. The van der Waals surface area contributed by atoms with E-state index in [0.29, 0.717) is 13.1 Å². The van der Waals surface area contributed by atoms with E-state index in [1.54, 1.807) is 10.7 Å². The van der Waals surface area contributed by atoms with E-state index in [2.05, 4.69) is 10.3 Å². The first-order chi connectivity index (χ1) is 9.72. The molecular weight excluding hydrogens is 259 g/mol. The molecule has 0 amide bonds. The normalized spacial score (nSPS) is 10.8. The highest BCUT2D eigenvalue weighted by molar-refractivity contribution is 5.29. The third-order valence-electron chi connectivity index (χ3n) is 3.03. The Balaban J connectivity index is 1.97. The predicted octanol–water partition coefficient (Wildman–Crippen LogP) is 1.76. The summed E-state index contributed by atoms with van der Waals surface area (Å²) in [7, 11) is 1.45. The first-order valence-corrected chi connectivity index (χ1v) is 6.64. The minimum atomic E-state index is -0.367. The number of hydrogen-bond donors (Lipinski definition) is 1. The summed E-state index contributed by atoms with van der Waals surface area (Å²) in [5, 5.41) is 8.14. The third-order valence-corrected chi connectivity index (χ3v) is 3.03. The van der Waals surface area contributed by atoms with Gasteiger partial charge in [0, 0.05) is 6.20 Å². The SMILES string of the molecule is COc1ccc(Cn2cc(CCCCN)nn2)cc1F. The van der Waals surface area contributed by atoms with Crippen molar-refractivity contribution in [3.8, 4) is 5.75 Å². The van der Waals surface area contributed by atoms with Crippen LogP contribution < -0.4 is 10.5 Å². The number of methoxy groups -OCH3 is 1. The molecule has 2 aromatic rings. The second-order valence-corrected chi connectivity index (χ2v) is 4.62. The van der Waals surface area contributed by atoms with Gasteiger partial charge < -0.3 is 10.5 Å². The van der Waals surface area contributed by atoms with E-state index in [9.17, 15) is 4.39 Å². The highest BCUT2D eigenvalue weighted by atomic mass is 19.1. The summed E-state index contributed by atoms with van der Waals surface area (Å²) in [5.41, 5.74) is 7.21. The molecule has 5 nitrogen and oxygen atoms in total. The molecule has 6 heteroatoms. The molecule has 0 saturated carbocycles. The number of unbranched alkanes of at least 4 members (excludes halogenated alkanes) is 1. The van der Waals surface area contributed by atoms with Gasteiger partial charge >= 0.3 is 0 Å². The van der Waals surface area contributed by atoms with Crippen molar-refractivity contribution >= 4 is 0 Å². The fourth-order valence-corrected chi connectivity index (χ4v) is 1.98. The van der Waals surface area contributed by atoms with E-state index < -0.39 is 0 Å². The Morgan fingerprint density at radius 3 is 2.90 bits per heavy atom. The molecule has 1 heterocycles. The molecule has 1 aromatic heterocycles. The lowest BCUT2D eigenvalue weighted by atomic mass is 10.2. The molecule has 2 N–H and O–H groups in total. The van der Waals surface area contributed by atoms with Crippen molar-refractivity contribution in [2.45, 2.75) is 25.8 Å². The van der Waals surface area contributed by atoms with Crippen LogP contribution in [0.2, 0.25) is 0 Å². The number of rotatable bonds is 7. The molecule has 0 bridgehead atoms. The van der Waals surface area contributed by atoms with Crippen molar-refractivity contribution in [1.29, 1.82) is 0 Å². The van der Waals surface area contributed by atoms with E-state index >= 15 is 0 Å². The van der Waals surface area contributed by atoms with Gasteiger partial charge in [-0.15, -0.1) is 5.10 Å². The zero-order chi connectivity index (χ0) is 14.4. The highest BCUT2D eigenvalue weighted by Crippen LogP contribution is 2.18. The minimum Gasteiger partial charge on any atom is -0.494 e. The summed E-state index contributed by atoms with van der Waals surface area (Å²) >= 11 is 0. The Kier molecular flexibility index (Phi) is 5.06. The number of aromatic nitrogens is 3. The largest absolute Gasteiger partial charge is 0.494 e. The average molecular weight is 278 g/mol. The van der Waals surface area contributed by atoms with Crippen LogP contribution in [0.1, 0.15) is 24.1 Å². The molecule has 2 rings (SSSR count). The molecule has 0 spiro atoms. The van der Waals surface area contributed by atoms with Crippen LogP contribution in [0.3, 0.4) is 0 Å². The standard InChI is InChI=1S/C14H19FN4O/c1-20-14-6-5-11(8-13(14)15)9-19-10-12(17-18-19)4-2-3-7-16/h5-6,8,10H,2-4,7,9,16H2,1H3. The third kappa shape index (κ3) is 3.77. The van der Waals surface area contributed by atoms with Crippen LogP contribution in [0.4, 0.5) is 4.39 Å². The summed E-state index contributed by atoms with van der Waals surface area (Å²) in [6.07, 6.45) is 4.75. The van der Waals surface area contributed by atoms with Crippen LogP contribution in [-0.4, -0.2) is 28.6 Å². The number of ether oxygens (including phenoxy) is 1. The van der Waals surface area contributed by atoms with Crippen LogP contribution in [0.5, 0.6) is 5.75 Å². The maximum absolute atomic E-state index is 13.6. The summed E-state index contributed by atoms with van der Waals surface area (Å²) in [4.78, 5) is 0. The van der Waals surface area contributed by atoms with Gasteiger partial charge in [-0.25, -0.2) is 9.07 Å². The maximum atomic E-state index is 13.6. The lowest BCUT2D eigenvalue weighted by Crippen LogP contribution is -2.01. The monoisotopic (exact) mass is 278 g/mol. The molecule has 0 aliphatic rings. The molecule has 0 aliphatic carbocycles. The molecule has 1 aromatic carbocycles. The Hall–Kier alpha value is -1.95. The first kappa shape index (κ1) is 14.5. The van der Waals surface area contributed by atoms with E-state index in [4.69, 9.17) is 10.5 Å². The van der Waals surface area contributed by atoms with Crippen LogP contribution in [-0.2, 0) is 13.0 Å². The maximum Gasteiger partial charge on any atom is 0.165 e. The minimum absolute atomic E-state index is 0.245. The number of benzene rings is 1. The molecule has 0 saturated heterocycles. The summed E-state index contributed by atoms with van der Waals surface area (Å²) in [6.45, 7) is 1.18. The molecule has 0 radical (unpaired) electrons. The van der Waals surface area contributed by atoms with E-state index in [-0.39, 0.29) is 11.6 Å². The molecule has 0 aliphatic heterocycles. The fraction of sp³-hybridized carbons (Fsp3) is 0.429. The molecule has 0 unspecified atom stereocenters. The smallest absolute Gasteiger partial charge is 0.165 e. The van der Waals surface area contributed by atoms with Gasteiger partial charge in [-0.05, 0) is 43.5 Å². The van der Waals surface area contributed by atoms with E-state index in [1.807, 2.05) is 12.3 Å². The van der Waals surface area contributed by atoms with Crippen LogP contribution in [0.15, 0.2) is 24.4 Å². The number of halogens is 1. The van der Waals surface area contributed by atoms with Crippen LogP contribution in [0.25, 0.3) is 0 Å². The number of aryl methyl sites for hydroxylation is 1. The quantitative estimate of drug-likeness (QED) is 0.784. The summed E-state index contributed by atoms with van der Waals surface area (Å²) in [5.74, 6) is -0.122. The summed E-state index contributed by atoms with van der Waals surface area (Å²) < 4.78 is 20.2. The number of hydrogen-bond acceptors (Lipinski definition) is 4. The van der Waals surface area contributed by atoms with Crippen molar-refractivity contribution in [1.82, 2.24) is 15.0 Å². The second kappa shape index (κ2) is 7.00. The van der Waals surface area contributed by atoms with Gasteiger partial charge in [0.25, 0.3) is 0 Å². The van der Waals surface area contributed by atoms with Crippen LogP contribution >= 0.6 is 0 Å². The lowest BCUT2D eigenvalue weighted by Gasteiger charge is -2.04. The average Bonchev–Trinajstić information content (AvgIpc) is 2.87. The molecule has 0 fully saturated rings. The Bertz CT molecular complexity index is 556. The van der Waals surface area contributed by atoms with Crippen molar-refractivity contribution in [3.63, 3.8) is 0 Å². The molecular formula is C14H19FN4O. The zero-order valence-electron chi connectivity index (χ0n) is 11.6. The zero-order valence-corrected chi connectivity index (χ0v) is 11.6. The Morgan fingerprint density at radius 1 is 1.35 bits per heavy atom. The van der Waals surface area contributed by atoms with Crippen molar-refractivity contribution < 1.29 is 9.13 Å². The van der Waals surface area contributed by atoms with Gasteiger partial charge in [-0.2, -0.15) is 0 Å². The predicted molar refractivity (Wildman–Crippen MR) is 74.1 cm³/mol. The van der Waals surface area contributed by atoms with Gasteiger partial charge in [0.1, 0.15) is 0 Å². The topological polar surface area (TPSA) is 66.0 Å². The van der Waals surface area contributed by atoms with Gasteiger partial charge in [0.2, 0.25) is 0 Å². The van der Waals surface area contributed by atoms with Gasteiger partial charge in [0.15, 0.2) is 11.6 Å². The van der Waals surface area contributed by atoms with E-state index in [1.165, 1.54) is 13.2 Å². The first-order valence-electron chi connectivity index (χ1n) is 6.64. The Labute approximate surface area is 117 Å². The molecule has 0 atom stereocenters. The summed E-state index contributed by atoms with van der Waals surface area (Å²) in [6, 6.07) is 4.88. The fourth-order valence-electron chi connectivity index (χ4n) is 1.98. The van der Waals surface area contributed by atoms with Crippen molar-refractivity contribution in [2.75, 3.05) is 13.7 Å². The van der Waals surface area contributed by atoms with Crippen LogP contribution in [0, 0.1) is 5.82 Å². The van der Waals surface area contributed by atoms with E-state index in [0.717, 1.165) is 30.5 Å². The molecule has 20 heavy (non-hydrogen) atoms. The Morgan fingerprint density at radius 2 is 2.20 bits per heavy atom. The van der Waals surface area contributed by atoms with Crippen molar-refractivity contribution in [2.24, 2.45) is 5.73 Å². The van der Waals surface area contributed by atoms with Gasteiger partial charge in [-0.3, -0.25) is 0 Å². The number of nitrogens with two attached hydrogens (primary N) is 1. The number of nitrogens with zero attached hydrogens (tertiary/aromatic N) is 3. The lowest BCUT2D eigenvalue weighted by molar-refractivity contribution is 0.386. The van der Waals surface area contributed by atoms with Crippen molar-refractivity contribution in [3.05, 3.63) is 41.5 Å². The van der Waals surface area contributed by atoms with Gasteiger partial charge in [-0.1, -0.05) is 11.3 Å².